The van der Waals surface area contributed by atoms with Gasteiger partial charge in [-0.25, -0.2) is 0 Å². The minimum Gasteiger partial charge on any atom is -0.377 e. The number of nitrogens with zero attached hydrogens (tertiary/aromatic N) is 3. The average molecular weight is 349 g/mol. The fourth-order valence-corrected chi connectivity index (χ4v) is 5.76. The van der Waals surface area contributed by atoms with Gasteiger partial charge in [-0.05, 0) is 51.1 Å². The van der Waals surface area contributed by atoms with Crippen molar-refractivity contribution in [1.29, 1.82) is 0 Å². The van der Waals surface area contributed by atoms with Gasteiger partial charge in [0.15, 0.2) is 5.96 Å². The van der Waals surface area contributed by atoms with Crippen LogP contribution in [0.15, 0.2) is 4.99 Å². The summed E-state index contributed by atoms with van der Waals surface area (Å²) in [6, 6.07) is 0.495. The van der Waals surface area contributed by atoms with E-state index in [0.717, 1.165) is 31.6 Å². The Labute approximate surface area is 153 Å². The molecule has 0 aromatic rings. The predicted octanol–water partition coefficient (Wildman–Crippen LogP) is 2.18. The second kappa shape index (κ2) is 7.07. The van der Waals surface area contributed by atoms with E-state index in [4.69, 9.17) is 4.74 Å². The zero-order valence-electron chi connectivity index (χ0n) is 16.3. The standard InChI is InChI=1S/C20H36N4O/c1-20(2)17(16-7-6-12-25-18(16)20)22-19(21-3)24-11-8-15(14-24)13-23-9-4-5-10-23/h15-18H,4-14H2,1-3H3,(H,21,22). The molecular formula is C20H36N4O. The molecule has 3 aliphatic heterocycles. The number of hydrogen-bond donors (Lipinski definition) is 1. The van der Waals surface area contributed by atoms with E-state index in [-0.39, 0.29) is 5.41 Å². The van der Waals surface area contributed by atoms with E-state index in [2.05, 4.69) is 34.0 Å². The van der Waals surface area contributed by atoms with Crippen molar-refractivity contribution in [3.8, 4) is 0 Å². The monoisotopic (exact) mass is 348 g/mol. The molecule has 142 valence electrons. The summed E-state index contributed by atoms with van der Waals surface area (Å²) in [6.45, 7) is 11.8. The van der Waals surface area contributed by atoms with Gasteiger partial charge in [0.1, 0.15) is 0 Å². The molecule has 4 fully saturated rings. The minimum atomic E-state index is 0.204. The predicted molar refractivity (Wildman–Crippen MR) is 102 cm³/mol. The van der Waals surface area contributed by atoms with Gasteiger partial charge in [0.2, 0.25) is 0 Å². The van der Waals surface area contributed by atoms with Crippen molar-refractivity contribution in [2.45, 2.75) is 58.1 Å². The maximum Gasteiger partial charge on any atom is 0.193 e. The molecule has 25 heavy (non-hydrogen) atoms. The van der Waals surface area contributed by atoms with Crippen LogP contribution >= 0.6 is 0 Å². The van der Waals surface area contributed by atoms with Crippen LogP contribution < -0.4 is 5.32 Å². The molecule has 0 aromatic carbocycles. The molecule has 0 aromatic heterocycles. The van der Waals surface area contributed by atoms with Gasteiger partial charge in [-0.2, -0.15) is 0 Å². The summed E-state index contributed by atoms with van der Waals surface area (Å²) in [7, 11) is 1.94. The summed E-state index contributed by atoms with van der Waals surface area (Å²) in [5, 5.41) is 3.83. The lowest BCUT2D eigenvalue weighted by Crippen LogP contribution is -2.71. The molecule has 5 heteroatoms. The molecule has 0 radical (unpaired) electrons. The highest BCUT2D eigenvalue weighted by Gasteiger charge is 2.58. The number of likely N-dealkylation sites (tertiary alicyclic amines) is 2. The van der Waals surface area contributed by atoms with Gasteiger partial charge >= 0.3 is 0 Å². The van der Waals surface area contributed by atoms with E-state index >= 15 is 0 Å². The second-order valence-corrected chi connectivity index (χ2v) is 9.20. The summed E-state index contributed by atoms with van der Waals surface area (Å²) in [6.07, 6.45) is 7.01. The first-order valence-corrected chi connectivity index (χ1v) is 10.4. The number of aliphatic imine (C=N–C) groups is 1. The number of rotatable bonds is 3. The van der Waals surface area contributed by atoms with Crippen molar-refractivity contribution >= 4 is 5.96 Å². The first kappa shape index (κ1) is 17.6. The van der Waals surface area contributed by atoms with Crippen LogP contribution in [0.25, 0.3) is 0 Å². The van der Waals surface area contributed by atoms with Crippen LogP contribution in [-0.2, 0) is 4.74 Å². The fraction of sp³-hybridized carbons (Fsp3) is 0.950. The van der Waals surface area contributed by atoms with E-state index < -0.39 is 0 Å². The van der Waals surface area contributed by atoms with Crippen LogP contribution in [-0.4, -0.2) is 74.3 Å². The number of guanidine groups is 1. The van der Waals surface area contributed by atoms with Crippen molar-refractivity contribution in [3.05, 3.63) is 0 Å². The van der Waals surface area contributed by atoms with E-state index in [1.54, 1.807) is 0 Å². The molecule has 4 aliphatic rings. The van der Waals surface area contributed by atoms with E-state index in [1.807, 2.05) is 7.05 Å². The van der Waals surface area contributed by atoms with Gasteiger partial charge < -0.3 is 19.9 Å². The zero-order chi connectivity index (χ0) is 17.4. The molecule has 0 bridgehead atoms. The van der Waals surface area contributed by atoms with E-state index in [1.165, 1.54) is 51.7 Å². The van der Waals surface area contributed by atoms with Crippen molar-refractivity contribution < 1.29 is 4.74 Å². The van der Waals surface area contributed by atoms with E-state index in [9.17, 15) is 0 Å². The molecule has 3 heterocycles. The average Bonchev–Trinajstić information content (AvgIpc) is 3.28. The highest BCUT2D eigenvalue weighted by Crippen LogP contribution is 2.51. The second-order valence-electron chi connectivity index (χ2n) is 9.20. The van der Waals surface area contributed by atoms with Gasteiger partial charge in [0.25, 0.3) is 0 Å². The summed E-state index contributed by atoms with van der Waals surface area (Å²) in [4.78, 5) is 9.79. The van der Waals surface area contributed by atoms with Gasteiger partial charge in [-0.1, -0.05) is 13.8 Å². The summed E-state index contributed by atoms with van der Waals surface area (Å²) < 4.78 is 6.06. The Bertz CT molecular complexity index is 500. The SMILES string of the molecule is CN=C(NC1C2CCCOC2C1(C)C)N1CCC(CN2CCCC2)C1. The van der Waals surface area contributed by atoms with Crippen molar-refractivity contribution in [3.63, 3.8) is 0 Å². The number of ether oxygens (including phenoxy) is 1. The lowest BCUT2D eigenvalue weighted by molar-refractivity contribution is -0.188. The molecule has 4 rings (SSSR count). The first-order chi connectivity index (χ1) is 12.1. The maximum atomic E-state index is 6.06. The van der Waals surface area contributed by atoms with Gasteiger partial charge in [0.05, 0.1) is 6.10 Å². The molecule has 0 amide bonds. The molecule has 3 saturated heterocycles. The Hall–Kier alpha value is -0.810. The molecule has 5 nitrogen and oxygen atoms in total. The smallest absolute Gasteiger partial charge is 0.193 e. The normalized spacial score (nSPS) is 38.5. The maximum absolute atomic E-state index is 6.06. The summed E-state index contributed by atoms with van der Waals surface area (Å²) in [5.41, 5.74) is 0.204. The number of hydrogen-bond acceptors (Lipinski definition) is 3. The van der Waals surface area contributed by atoms with Crippen LogP contribution in [0.1, 0.15) is 46.0 Å². The highest BCUT2D eigenvalue weighted by molar-refractivity contribution is 5.80. The molecule has 4 atom stereocenters. The number of nitrogens with one attached hydrogen (secondary N) is 1. The number of fused-ring (bicyclic) bond motifs is 1. The Morgan fingerprint density at radius 2 is 1.96 bits per heavy atom. The van der Waals surface area contributed by atoms with Crippen LogP contribution in [0, 0.1) is 17.3 Å². The van der Waals surface area contributed by atoms with Gasteiger partial charge in [0, 0.05) is 50.7 Å². The van der Waals surface area contributed by atoms with Gasteiger partial charge in [-0.3, -0.25) is 4.99 Å². The highest BCUT2D eigenvalue weighted by atomic mass is 16.5. The minimum absolute atomic E-state index is 0.204. The zero-order valence-corrected chi connectivity index (χ0v) is 16.3. The first-order valence-electron chi connectivity index (χ1n) is 10.4. The van der Waals surface area contributed by atoms with Crippen molar-refractivity contribution in [2.24, 2.45) is 22.2 Å². The third kappa shape index (κ3) is 3.30. The van der Waals surface area contributed by atoms with Crippen molar-refractivity contribution in [2.75, 3.05) is 46.4 Å². The van der Waals surface area contributed by atoms with Crippen LogP contribution in [0.3, 0.4) is 0 Å². The third-order valence-electron chi connectivity index (χ3n) is 7.13. The fourth-order valence-electron chi connectivity index (χ4n) is 5.76. The Balaban J connectivity index is 1.33. The van der Waals surface area contributed by atoms with Gasteiger partial charge in [-0.15, -0.1) is 0 Å². The Morgan fingerprint density at radius 1 is 1.16 bits per heavy atom. The molecule has 1 aliphatic carbocycles. The topological polar surface area (TPSA) is 40.1 Å². The van der Waals surface area contributed by atoms with Crippen molar-refractivity contribution in [1.82, 2.24) is 15.1 Å². The third-order valence-corrected chi connectivity index (χ3v) is 7.13. The largest absolute Gasteiger partial charge is 0.377 e. The molecule has 0 spiro atoms. The molecule has 4 unspecified atom stereocenters. The Kier molecular flexibility index (Phi) is 4.98. The quantitative estimate of drug-likeness (QED) is 0.627. The van der Waals surface area contributed by atoms with E-state index in [0.29, 0.717) is 18.1 Å². The lowest BCUT2D eigenvalue weighted by Gasteiger charge is -2.60. The summed E-state index contributed by atoms with van der Waals surface area (Å²) in [5.74, 6) is 2.58. The van der Waals surface area contributed by atoms with Crippen LogP contribution in [0.2, 0.25) is 0 Å². The van der Waals surface area contributed by atoms with Crippen LogP contribution in [0.5, 0.6) is 0 Å². The molecule has 1 saturated carbocycles. The summed E-state index contributed by atoms with van der Waals surface area (Å²) >= 11 is 0. The van der Waals surface area contributed by atoms with Crippen LogP contribution in [0.4, 0.5) is 0 Å². The molecular weight excluding hydrogens is 312 g/mol. The molecule has 1 N–H and O–H groups in total. The Morgan fingerprint density at radius 3 is 2.72 bits per heavy atom. The lowest BCUT2D eigenvalue weighted by atomic mass is 9.55.